The number of nitrogens with zero attached hydrogens (tertiary/aromatic N) is 1. The van der Waals surface area contributed by atoms with Crippen molar-refractivity contribution in [3.05, 3.63) is 29.8 Å². The number of hydrogen-bond donors (Lipinski definition) is 1. The first-order chi connectivity index (χ1) is 8.22. The van der Waals surface area contributed by atoms with Crippen LogP contribution in [0.4, 0.5) is 5.69 Å². The zero-order chi connectivity index (χ0) is 12.3. The van der Waals surface area contributed by atoms with Crippen molar-refractivity contribution in [1.82, 2.24) is 5.32 Å². The minimum atomic E-state index is 0.657. The Morgan fingerprint density at radius 2 is 2.06 bits per heavy atom. The predicted molar refractivity (Wildman–Crippen MR) is 74.8 cm³/mol. The molecule has 1 aliphatic rings. The second kappa shape index (κ2) is 5.54. The van der Waals surface area contributed by atoms with E-state index in [2.05, 4.69) is 55.4 Å². The summed E-state index contributed by atoms with van der Waals surface area (Å²) < 4.78 is 0. The number of rotatable bonds is 4. The molecule has 1 aromatic rings. The highest BCUT2D eigenvalue weighted by molar-refractivity contribution is 5.48. The number of anilines is 1. The Morgan fingerprint density at radius 1 is 1.35 bits per heavy atom. The molecule has 1 aromatic carbocycles. The summed E-state index contributed by atoms with van der Waals surface area (Å²) in [5.41, 5.74) is 2.79. The van der Waals surface area contributed by atoms with E-state index in [-0.39, 0.29) is 0 Å². The molecule has 0 aromatic heterocycles. The first-order valence-corrected chi connectivity index (χ1v) is 6.76. The van der Waals surface area contributed by atoms with Crippen molar-refractivity contribution in [2.45, 2.75) is 38.6 Å². The molecule has 1 fully saturated rings. The van der Waals surface area contributed by atoms with Gasteiger partial charge in [-0.25, -0.2) is 0 Å². The lowest BCUT2D eigenvalue weighted by molar-refractivity contribution is 0.684. The minimum Gasteiger partial charge on any atom is -0.370 e. The highest BCUT2D eigenvalue weighted by atomic mass is 15.2. The lowest BCUT2D eigenvalue weighted by Crippen LogP contribution is -2.33. The van der Waals surface area contributed by atoms with Crippen LogP contribution < -0.4 is 10.2 Å². The van der Waals surface area contributed by atoms with Crippen LogP contribution in [0, 0.1) is 0 Å². The van der Waals surface area contributed by atoms with E-state index in [0.717, 1.165) is 13.1 Å². The SMILES string of the molecule is CCC(C)c1ccc(N(C)C2CCNC2)cc1. The molecule has 0 aliphatic carbocycles. The van der Waals surface area contributed by atoms with E-state index in [9.17, 15) is 0 Å². The predicted octanol–water partition coefficient (Wildman–Crippen LogP) is 3.00. The molecule has 94 valence electrons. The van der Waals surface area contributed by atoms with E-state index in [4.69, 9.17) is 0 Å². The molecule has 0 saturated carbocycles. The van der Waals surface area contributed by atoms with Crippen LogP contribution in [0.15, 0.2) is 24.3 Å². The Kier molecular flexibility index (Phi) is 4.06. The highest BCUT2D eigenvalue weighted by Gasteiger charge is 2.19. The maximum atomic E-state index is 3.42. The topological polar surface area (TPSA) is 15.3 Å². The summed E-state index contributed by atoms with van der Waals surface area (Å²) in [5.74, 6) is 0.669. The summed E-state index contributed by atoms with van der Waals surface area (Å²) in [4.78, 5) is 2.40. The van der Waals surface area contributed by atoms with Gasteiger partial charge in [0.2, 0.25) is 0 Å². The Bertz CT molecular complexity index is 338. The van der Waals surface area contributed by atoms with Crippen LogP contribution in [0.25, 0.3) is 0 Å². The third kappa shape index (κ3) is 2.81. The summed E-state index contributed by atoms with van der Waals surface area (Å²) in [6, 6.07) is 9.74. The molecule has 1 aliphatic heterocycles. The van der Waals surface area contributed by atoms with Crippen LogP contribution in [0.5, 0.6) is 0 Å². The summed E-state index contributed by atoms with van der Waals surface area (Å²) in [6.07, 6.45) is 2.46. The fourth-order valence-electron chi connectivity index (χ4n) is 2.45. The first-order valence-electron chi connectivity index (χ1n) is 6.76. The van der Waals surface area contributed by atoms with Crippen LogP contribution in [0.3, 0.4) is 0 Å². The molecule has 2 atom stereocenters. The molecule has 2 heteroatoms. The summed E-state index contributed by atoms with van der Waals surface area (Å²) in [7, 11) is 2.20. The standard InChI is InChI=1S/C15H24N2/c1-4-12(2)13-5-7-14(8-6-13)17(3)15-9-10-16-11-15/h5-8,12,15-16H,4,9-11H2,1-3H3. The highest BCUT2D eigenvalue weighted by Crippen LogP contribution is 2.23. The molecule has 0 spiro atoms. The second-order valence-corrected chi connectivity index (χ2v) is 5.16. The van der Waals surface area contributed by atoms with Gasteiger partial charge < -0.3 is 10.2 Å². The number of likely N-dealkylation sites (N-methyl/N-ethyl adjacent to an activating group) is 1. The average Bonchev–Trinajstić information content (AvgIpc) is 2.91. The van der Waals surface area contributed by atoms with Gasteiger partial charge in [-0.15, -0.1) is 0 Å². The van der Waals surface area contributed by atoms with E-state index < -0.39 is 0 Å². The third-order valence-corrected chi connectivity index (χ3v) is 4.06. The molecule has 1 N–H and O–H groups in total. The van der Waals surface area contributed by atoms with E-state index in [1.807, 2.05) is 0 Å². The van der Waals surface area contributed by atoms with Gasteiger partial charge in [0, 0.05) is 25.3 Å². The number of benzene rings is 1. The largest absolute Gasteiger partial charge is 0.370 e. The smallest absolute Gasteiger partial charge is 0.0423 e. The Balaban J connectivity index is 2.06. The summed E-state index contributed by atoms with van der Waals surface area (Å²) >= 11 is 0. The Morgan fingerprint density at radius 3 is 2.59 bits per heavy atom. The molecule has 1 saturated heterocycles. The van der Waals surface area contributed by atoms with Gasteiger partial charge in [0.05, 0.1) is 0 Å². The van der Waals surface area contributed by atoms with Crippen molar-refractivity contribution in [2.24, 2.45) is 0 Å². The van der Waals surface area contributed by atoms with Crippen LogP contribution >= 0.6 is 0 Å². The fourth-order valence-corrected chi connectivity index (χ4v) is 2.45. The van der Waals surface area contributed by atoms with Crippen LogP contribution in [-0.4, -0.2) is 26.2 Å². The molecule has 1 heterocycles. The zero-order valence-corrected chi connectivity index (χ0v) is 11.2. The molecule has 0 radical (unpaired) electrons. The van der Waals surface area contributed by atoms with Crippen molar-refractivity contribution in [2.75, 3.05) is 25.0 Å². The van der Waals surface area contributed by atoms with Gasteiger partial charge in [0.25, 0.3) is 0 Å². The molecule has 17 heavy (non-hydrogen) atoms. The van der Waals surface area contributed by atoms with Crippen molar-refractivity contribution >= 4 is 5.69 Å². The zero-order valence-electron chi connectivity index (χ0n) is 11.2. The van der Waals surface area contributed by atoms with Crippen LogP contribution in [0.1, 0.15) is 38.2 Å². The van der Waals surface area contributed by atoms with Crippen LogP contribution in [0.2, 0.25) is 0 Å². The fraction of sp³-hybridized carbons (Fsp3) is 0.600. The monoisotopic (exact) mass is 232 g/mol. The molecule has 2 nitrogen and oxygen atoms in total. The van der Waals surface area contributed by atoms with Crippen molar-refractivity contribution in [1.29, 1.82) is 0 Å². The van der Waals surface area contributed by atoms with Crippen LogP contribution in [-0.2, 0) is 0 Å². The maximum Gasteiger partial charge on any atom is 0.0423 e. The molecule has 0 bridgehead atoms. The van der Waals surface area contributed by atoms with E-state index >= 15 is 0 Å². The normalized spacial score (nSPS) is 21.5. The van der Waals surface area contributed by atoms with E-state index in [1.165, 1.54) is 24.1 Å². The lowest BCUT2D eigenvalue weighted by Gasteiger charge is -2.26. The Hall–Kier alpha value is -1.02. The van der Waals surface area contributed by atoms with Gasteiger partial charge in [-0.05, 0) is 43.0 Å². The third-order valence-electron chi connectivity index (χ3n) is 4.06. The molecule has 0 amide bonds. The molecule has 2 unspecified atom stereocenters. The second-order valence-electron chi connectivity index (χ2n) is 5.16. The maximum absolute atomic E-state index is 3.42. The van der Waals surface area contributed by atoms with Gasteiger partial charge in [0.15, 0.2) is 0 Å². The van der Waals surface area contributed by atoms with Gasteiger partial charge in [-0.2, -0.15) is 0 Å². The molecular weight excluding hydrogens is 208 g/mol. The van der Waals surface area contributed by atoms with Gasteiger partial charge in [-0.3, -0.25) is 0 Å². The average molecular weight is 232 g/mol. The van der Waals surface area contributed by atoms with Crippen molar-refractivity contribution < 1.29 is 0 Å². The lowest BCUT2D eigenvalue weighted by atomic mass is 9.98. The van der Waals surface area contributed by atoms with E-state index in [1.54, 1.807) is 0 Å². The summed E-state index contributed by atoms with van der Waals surface area (Å²) in [6.45, 7) is 6.80. The quantitative estimate of drug-likeness (QED) is 0.858. The Labute approximate surface area is 105 Å². The minimum absolute atomic E-state index is 0.657. The van der Waals surface area contributed by atoms with Crippen molar-refractivity contribution in [3.63, 3.8) is 0 Å². The summed E-state index contributed by atoms with van der Waals surface area (Å²) in [5, 5.41) is 3.42. The first kappa shape index (κ1) is 12.4. The van der Waals surface area contributed by atoms with E-state index in [0.29, 0.717) is 12.0 Å². The van der Waals surface area contributed by atoms with Crippen molar-refractivity contribution in [3.8, 4) is 0 Å². The molecular formula is C15H24N2. The van der Waals surface area contributed by atoms with Gasteiger partial charge >= 0.3 is 0 Å². The van der Waals surface area contributed by atoms with Gasteiger partial charge in [-0.1, -0.05) is 26.0 Å². The number of hydrogen-bond acceptors (Lipinski definition) is 2. The van der Waals surface area contributed by atoms with Gasteiger partial charge in [0.1, 0.15) is 0 Å². The number of nitrogens with one attached hydrogen (secondary N) is 1. The molecule has 2 rings (SSSR count).